The Morgan fingerprint density at radius 2 is 1.85 bits per heavy atom. The fourth-order valence-corrected chi connectivity index (χ4v) is 4.08. The molecule has 0 amide bonds. The van der Waals surface area contributed by atoms with Crippen LogP contribution < -0.4 is 4.90 Å². The zero-order valence-electron chi connectivity index (χ0n) is 19.1. The van der Waals surface area contributed by atoms with E-state index in [9.17, 15) is 22.8 Å². The van der Waals surface area contributed by atoms with Gasteiger partial charge in [-0.2, -0.15) is 13.2 Å². The molecule has 0 saturated carbocycles. The van der Waals surface area contributed by atoms with Crippen molar-refractivity contribution < 1.29 is 32.2 Å². The number of allylic oxidation sites excluding steroid dienone is 1. The molecule has 0 saturated heterocycles. The van der Waals surface area contributed by atoms with E-state index in [0.717, 1.165) is 17.0 Å². The number of rotatable bonds is 6. The monoisotopic (exact) mass is 478 g/mol. The number of aromatic nitrogens is 2. The molecule has 0 aliphatic carbocycles. The maximum atomic E-state index is 13.4. The van der Waals surface area contributed by atoms with Crippen LogP contribution in [0.5, 0.6) is 0 Å². The van der Waals surface area contributed by atoms with Crippen molar-refractivity contribution in [2.24, 2.45) is 5.92 Å². The number of nitrogens with one attached hydrogen (secondary N) is 2. The van der Waals surface area contributed by atoms with Crippen LogP contribution in [0.4, 0.5) is 18.9 Å². The number of hydrogen-bond acceptors (Lipinski definition) is 6. The predicted octanol–water partition coefficient (Wildman–Crippen LogP) is 4.33. The van der Waals surface area contributed by atoms with Crippen molar-refractivity contribution in [3.05, 3.63) is 58.8 Å². The number of aromatic amines is 1. The number of ether oxygens (including phenoxy) is 2. The minimum atomic E-state index is -4.62. The molecule has 182 valence electrons. The molecular formula is C23H25F3N4O4. The van der Waals surface area contributed by atoms with Gasteiger partial charge < -0.3 is 19.4 Å². The molecule has 0 bridgehead atoms. The molecule has 3 rings (SSSR count). The van der Waals surface area contributed by atoms with Crippen LogP contribution in [-0.2, 0) is 25.2 Å². The van der Waals surface area contributed by atoms with Gasteiger partial charge in [-0.3, -0.25) is 10.2 Å². The molecule has 1 aromatic carbocycles. The van der Waals surface area contributed by atoms with Crippen molar-refractivity contribution in [2.75, 3.05) is 18.1 Å². The van der Waals surface area contributed by atoms with Crippen LogP contribution in [0.25, 0.3) is 0 Å². The molecule has 1 aliphatic rings. The van der Waals surface area contributed by atoms with Crippen molar-refractivity contribution in [1.82, 2.24) is 9.97 Å². The molecule has 1 aliphatic heterocycles. The standard InChI is InChI=1S/C23H25F3N4O4/c1-5-33-21(31)16-13(4)30(15-9-7-8-14(10-15)23(24,25)26)20(27)18(22(32)34-6-2)17(16)19-12(3)28-11-29-19/h7-11,17-18,27H,5-6H2,1-4H3,(H,28,29). The first kappa shape index (κ1) is 25.0. The van der Waals surface area contributed by atoms with Crippen LogP contribution in [0.3, 0.4) is 0 Å². The van der Waals surface area contributed by atoms with Crippen molar-refractivity contribution >= 4 is 23.5 Å². The molecule has 11 heteroatoms. The van der Waals surface area contributed by atoms with E-state index >= 15 is 0 Å². The van der Waals surface area contributed by atoms with Gasteiger partial charge in [-0.25, -0.2) is 9.78 Å². The van der Waals surface area contributed by atoms with Crippen LogP contribution in [-0.4, -0.2) is 41.0 Å². The van der Waals surface area contributed by atoms with Gasteiger partial charge in [-0.15, -0.1) is 0 Å². The van der Waals surface area contributed by atoms with Gasteiger partial charge in [0.15, 0.2) is 0 Å². The first-order chi connectivity index (χ1) is 16.0. The molecule has 0 radical (unpaired) electrons. The van der Waals surface area contributed by atoms with Gasteiger partial charge in [0.05, 0.1) is 42.3 Å². The molecule has 2 N–H and O–H groups in total. The van der Waals surface area contributed by atoms with E-state index in [1.54, 1.807) is 20.8 Å². The number of amidine groups is 1. The third-order valence-corrected chi connectivity index (χ3v) is 5.54. The average Bonchev–Trinajstić information content (AvgIpc) is 3.18. The highest BCUT2D eigenvalue weighted by atomic mass is 19.4. The Balaban J connectivity index is 2.31. The van der Waals surface area contributed by atoms with Crippen LogP contribution in [0.15, 0.2) is 41.9 Å². The number of benzene rings is 1. The van der Waals surface area contributed by atoms with E-state index in [1.165, 1.54) is 25.4 Å². The summed E-state index contributed by atoms with van der Waals surface area (Å²) in [5.41, 5.74) is 0.134. The zero-order valence-corrected chi connectivity index (χ0v) is 19.1. The molecule has 34 heavy (non-hydrogen) atoms. The summed E-state index contributed by atoms with van der Waals surface area (Å²) in [7, 11) is 0. The summed E-state index contributed by atoms with van der Waals surface area (Å²) in [6.07, 6.45) is -3.22. The van der Waals surface area contributed by atoms with Gasteiger partial charge in [-0.1, -0.05) is 6.07 Å². The third-order valence-electron chi connectivity index (χ3n) is 5.54. The number of alkyl halides is 3. The molecule has 2 unspecified atom stereocenters. The second kappa shape index (κ2) is 9.70. The van der Waals surface area contributed by atoms with E-state index in [2.05, 4.69) is 9.97 Å². The fourth-order valence-electron chi connectivity index (χ4n) is 4.08. The lowest BCUT2D eigenvalue weighted by Gasteiger charge is -2.40. The Morgan fingerprint density at radius 1 is 1.18 bits per heavy atom. The normalized spacial score (nSPS) is 18.8. The average molecular weight is 478 g/mol. The molecule has 0 fully saturated rings. The molecule has 2 aromatic rings. The summed E-state index contributed by atoms with van der Waals surface area (Å²) in [5, 5.41) is 8.86. The number of nitrogens with zero attached hydrogens (tertiary/aromatic N) is 2. The van der Waals surface area contributed by atoms with Gasteiger partial charge in [0.2, 0.25) is 0 Å². The highest BCUT2D eigenvalue weighted by molar-refractivity contribution is 6.14. The summed E-state index contributed by atoms with van der Waals surface area (Å²) >= 11 is 0. The number of esters is 2. The van der Waals surface area contributed by atoms with E-state index in [1.807, 2.05) is 0 Å². The first-order valence-electron chi connectivity index (χ1n) is 10.6. The quantitative estimate of drug-likeness (QED) is 0.598. The van der Waals surface area contributed by atoms with Gasteiger partial charge in [-0.05, 0) is 45.9 Å². The summed E-state index contributed by atoms with van der Waals surface area (Å²) in [6, 6.07) is 4.34. The molecule has 8 nitrogen and oxygen atoms in total. The molecule has 2 heterocycles. The summed E-state index contributed by atoms with van der Waals surface area (Å²) in [5.74, 6) is -4.27. The zero-order chi connectivity index (χ0) is 25.2. The Bertz CT molecular complexity index is 1140. The summed E-state index contributed by atoms with van der Waals surface area (Å²) < 4.78 is 50.6. The van der Waals surface area contributed by atoms with Crippen LogP contribution in [0, 0.1) is 18.3 Å². The second-order valence-corrected chi connectivity index (χ2v) is 7.61. The van der Waals surface area contributed by atoms with Crippen molar-refractivity contribution in [1.29, 1.82) is 5.41 Å². The summed E-state index contributed by atoms with van der Waals surface area (Å²) in [4.78, 5) is 34.5. The van der Waals surface area contributed by atoms with Crippen LogP contribution in [0.1, 0.15) is 43.6 Å². The fraction of sp³-hybridized carbons (Fsp3) is 0.391. The van der Waals surface area contributed by atoms with Crippen molar-refractivity contribution in [2.45, 2.75) is 39.8 Å². The number of aryl methyl sites for hydroxylation is 1. The van der Waals surface area contributed by atoms with E-state index in [-0.39, 0.29) is 36.0 Å². The Morgan fingerprint density at radius 3 is 2.41 bits per heavy atom. The predicted molar refractivity (Wildman–Crippen MR) is 117 cm³/mol. The minimum Gasteiger partial charge on any atom is -0.465 e. The highest BCUT2D eigenvalue weighted by Gasteiger charge is 2.49. The molecule has 0 spiro atoms. The number of halogens is 3. The van der Waals surface area contributed by atoms with Gasteiger partial charge in [0.1, 0.15) is 11.8 Å². The Labute approximate surface area is 194 Å². The Kier molecular flexibility index (Phi) is 7.13. The van der Waals surface area contributed by atoms with Gasteiger partial charge in [0.25, 0.3) is 0 Å². The number of carbonyl (C=O) groups is 2. The number of imidazole rings is 1. The lowest BCUT2D eigenvalue weighted by molar-refractivity contribution is -0.146. The number of carbonyl (C=O) groups excluding carboxylic acids is 2. The number of H-pyrrole nitrogens is 1. The minimum absolute atomic E-state index is 0.00980. The molecular weight excluding hydrogens is 453 g/mol. The summed E-state index contributed by atoms with van der Waals surface area (Å²) in [6.45, 7) is 6.45. The molecule has 1 aromatic heterocycles. The van der Waals surface area contributed by atoms with Gasteiger partial charge in [0, 0.05) is 17.1 Å². The highest BCUT2D eigenvalue weighted by Crippen LogP contribution is 2.44. The van der Waals surface area contributed by atoms with Crippen LogP contribution in [0.2, 0.25) is 0 Å². The van der Waals surface area contributed by atoms with Gasteiger partial charge >= 0.3 is 18.1 Å². The topological polar surface area (TPSA) is 108 Å². The smallest absolute Gasteiger partial charge is 0.416 e. The van der Waals surface area contributed by atoms with E-state index < -0.39 is 35.5 Å². The third kappa shape index (κ3) is 4.55. The largest absolute Gasteiger partial charge is 0.465 e. The van der Waals surface area contributed by atoms with Crippen molar-refractivity contribution in [3.63, 3.8) is 0 Å². The maximum absolute atomic E-state index is 13.4. The first-order valence-corrected chi connectivity index (χ1v) is 10.6. The molecule has 2 atom stereocenters. The van der Waals surface area contributed by atoms with Crippen molar-refractivity contribution in [3.8, 4) is 0 Å². The number of anilines is 1. The maximum Gasteiger partial charge on any atom is 0.416 e. The van der Waals surface area contributed by atoms with E-state index in [4.69, 9.17) is 14.9 Å². The lowest BCUT2D eigenvalue weighted by atomic mass is 9.77. The van der Waals surface area contributed by atoms with Crippen LogP contribution >= 0.6 is 0 Å². The SMILES string of the molecule is CCOC(=O)C1=C(C)N(c2cccc(C(F)(F)F)c2)C(=N)C(C(=O)OCC)C1c1nc[nH]c1C. The second-order valence-electron chi connectivity index (χ2n) is 7.61. The van der Waals surface area contributed by atoms with E-state index in [0.29, 0.717) is 11.4 Å². The lowest BCUT2D eigenvalue weighted by Crippen LogP contribution is -2.48. The Hall–Kier alpha value is -3.63. The number of hydrogen-bond donors (Lipinski definition) is 2.